The van der Waals surface area contributed by atoms with Crippen molar-refractivity contribution < 1.29 is 9.32 Å². The monoisotopic (exact) mass is 288 g/mol. The van der Waals surface area contributed by atoms with E-state index < -0.39 is 0 Å². The molecule has 3 aliphatic rings. The molecule has 0 aromatic carbocycles. The number of nitrogens with one attached hydrogen (secondary N) is 1. The first-order chi connectivity index (χ1) is 10.3. The van der Waals surface area contributed by atoms with E-state index in [1.165, 1.54) is 44.8 Å². The molecule has 0 radical (unpaired) electrons. The van der Waals surface area contributed by atoms with Gasteiger partial charge >= 0.3 is 0 Å². The summed E-state index contributed by atoms with van der Waals surface area (Å²) in [5.41, 5.74) is 1.53. The topological polar surface area (TPSA) is 55.1 Å². The van der Waals surface area contributed by atoms with Gasteiger partial charge in [0.25, 0.3) is 5.91 Å². The Morgan fingerprint density at radius 1 is 1.24 bits per heavy atom. The molecule has 4 rings (SSSR count). The lowest BCUT2D eigenvalue weighted by Crippen LogP contribution is -2.27. The summed E-state index contributed by atoms with van der Waals surface area (Å²) in [6.45, 7) is 0.829. The molecule has 114 valence electrons. The van der Waals surface area contributed by atoms with Crippen LogP contribution in [0.25, 0.3) is 0 Å². The van der Waals surface area contributed by atoms with Crippen molar-refractivity contribution in [3.05, 3.63) is 17.5 Å². The summed E-state index contributed by atoms with van der Waals surface area (Å²) in [7, 11) is 0. The minimum Gasteiger partial charge on any atom is -0.364 e. The van der Waals surface area contributed by atoms with E-state index in [9.17, 15) is 4.79 Å². The molecule has 1 aromatic heterocycles. The van der Waals surface area contributed by atoms with Crippen LogP contribution in [0.15, 0.2) is 10.8 Å². The van der Waals surface area contributed by atoms with Crippen LogP contribution >= 0.6 is 0 Å². The van der Waals surface area contributed by atoms with Gasteiger partial charge in [0.1, 0.15) is 11.8 Å². The van der Waals surface area contributed by atoms with Gasteiger partial charge in [-0.1, -0.05) is 37.3 Å². The van der Waals surface area contributed by atoms with Crippen LogP contribution in [-0.2, 0) is 0 Å². The van der Waals surface area contributed by atoms with E-state index in [-0.39, 0.29) is 5.91 Å². The number of amides is 1. The third-order valence-electron chi connectivity index (χ3n) is 5.56. The number of aromatic nitrogens is 1. The molecule has 0 aliphatic heterocycles. The fourth-order valence-electron chi connectivity index (χ4n) is 4.03. The minimum atomic E-state index is 0.00689. The molecule has 0 saturated heterocycles. The van der Waals surface area contributed by atoms with Crippen molar-refractivity contribution in [3.8, 4) is 0 Å². The van der Waals surface area contributed by atoms with Gasteiger partial charge in [0, 0.05) is 12.5 Å². The summed E-state index contributed by atoms with van der Waals surface area (Å²) in [4.78, 5) is 12.3. The number of nitrogens with zero attached hydrogens (tertiary/aromatic N) is 1. The van der Waals surface area contributed by atoms with E-state index in [0.29, 0.717) is 17.4 Å². The van der Waals surface area contributed by atoms with Gasteiger partial charge in [-0.3, -0.25) is 4.79 Å². The van der Waals surface area contributed by atoms with E-state index in [4.69, 9.17) is 4.52 Å². The molecule has 0 unspecified atom stereocenters. The molecule has 21 heavy (non-hydrogen) atoms. The molecule has 3 saturated carbocycles. The van der Waals surface area contributed by atoms with E-state index in [1.54, 1.807) is 0 Å². The maximum Gasteiger partial charge on any atom is 0.256 e. The normalized spacial score (nSPS) is 29.3. The summed E-state index contributed by atoms with van der Waals surface area (Å²) < 4.78 is 5.00. The predicted molar refractivity (Wildman–Crippen MR) is 79.0 cm³/mol. The Labute approximate surface area is 125 Å². The molecule has 0 bridgehead atoms. The average Bonchev–Trinajstić information content (AvgIpc) is 3.44. The van der Waals surface area contributed by atoms with Crippen molar-refractivity contribution in [2.45, 2.75) is 57.3 Å². The second kappa shape index (κ2) is 5.47. The second-order valence-corrected chi connectivity index (χ2v) is 7.16. The molecule has 4 nitrogen and oxygen atoms in total. The van der Waals surface area contributed by atoms with Gasteiger partial charge in [-0.15, -0.1) is 0 Å². The van der Waals surface area contributed by atoms with Gasteiger partial charge in [0.2, 0.25) is 0 Å². The van der Waals surface area contributed by atoms with Gasteiger partial charge in [0.15, 0.2) is 0 Å². The number of carbonyl (C=O) groups is 1. The van der Waals surface area contributed by atoms with Crippen LogP contribution in [0.3, 0.4) is 0 Å². The minimum absolute atomic E-state index is 0.00689. The standard InChI is InChI=1S/C17H24N2O2/c20-17(15-10-21-19-16(15)12-6-7-12)18-9-13-8-14(13)11-4-2-1-3-5-11/h10-14H,1-9H2,(H,18,20)/t13-,14-/m0/s1. The summed E-state index contributed by atoms with van der Waals surface area (Å²) in [5.74, 6) is 2.98. The predicted octanol–water partition coefficient (Wildman–Crippen LogP) is 3.50. The van der Waals surface area contributed by atoms with Crippen LogP contribution < -0.4 is 5.32 Å². The number of carbonyl (C=O) groups excluding carboxylic acids is 1. The number of hydrogen-bond donors (Lipinski definition) is 1. The molecule has 4 heteroatoms. The molecular formula is C17H24N2O2. The zero-order valence-electron chi connectivity index (χ0n) is 12.5. The van der Waals surface area contributed by atoms with Crippen LogP contribution in [0, 0.1) is 17.8 Å². The largest absolute Gasteiger partial charge is 0.364 e. The molecule has 2 atom stereocenters. The highest BCUT2D eigenvalue weighted by Crippen LogP contribution is 2.49. The second-order valence-electron chi connectivity index (χ2n) is 7.16. The molecule has 1 amide bonds. The Kier molecular flexibility index (Phi) is 3.48. The molecule has 1 heterocycles. The summed E-state index contributed by atoms with van der Waals surface area (Å²) >= 11 is 0. The number of hydrogen-bond acceptors (Lipinski definition) is 3. The van der Waals surface area contributed by atoms with E-state index >= 15 is 0 Å². The van der Waals surface area contributed by atoms with Crippen molar-refractivity contribution in [1.82, 2.24) is 10.5 Å². The van der Waals surface area contributed by atoms with Crippen molar-refractivity contribution in [2.24, 2.45) is 17.8 Å². The van der Waals surface area contributed by atoms with Crippen LogP contribution in [0.2, 0.25) is 0 Å². The fourth-order valence-corrected chi connectivity index (χ4v) is 4.03. The van der Waals surface area contributed by atoms with Gasteiger partial charge in [0.05, 0.1) is 5.69 Å². The van der Waals surface area contributed by atoms with E-state index in [2.05, 4.69) is 10.5 Å². The van der Waals surface area contributed by atoms with Crippen molar-refractivity contribution in [3.63, 3.8) is 0 Å². The first-order valence-electron chi connectivity index (χ1n) is 8.55. The zero-order valence-corrected chi connectivity index (χ0v) is 12.5. The quantitative estimate of drug-likeness (QED) is 0.902. The maximum atomic E-state index is 12.3. The highest BCUT2D eigenvalue weighted by Gasteiger charge is 2.42. The first kappa shape index (κ1) is 13.4. The Balaban J connectivity index is 1.27. The third-order valence-corrected chi connectivity index (χ3v) is 5.56. The lowest BCUT2D eigenvalue weighted by Gasteiger charge is -2.21. The van der Waals surface area contributed by atoms with E-state index in [0.717, 1.165) is 36.9 Å². The third kappa shape index (κ3) is 2.85. The highest BCUT2D eigenvalue weighted by atomic mass is 16.5. The van der Waals surface area contributed by atoms with Gasteiger partial charge < -0.3 is 9.84 Å². The number of rotatable bonds is 5. The van der Waals surface area contributed by atoms with Crippen molar-refractivity contribution in [1.29, 1.82) is 0 Å². The Morgan fingerprint density at radius 3 is 2.81 bits per heavy atom. The summed E-state index contributed by atoms with van der Waals surface area (Å²) in [6, 6.07) is 0. The molecule has 3 fully saturated rings. The lowest BCUT2D eigenvalue weighted by atomic mass is 9.85. The fraction of sp³-hybridized carbons (Fsp3) is 0.765. The first-order valence-corrected chi connectivity index (χ1v) is 8.55. The SMILES string of the molecule is O=C(NC[C@@H]1C[C@H]1C1CCCCC1)c1conc1C1CC1. The summed E-state index contributed by atoms with van der Waals surface area (Å²) in [6.07, 6.45) is 12.1. The molecular weight excluding hydrogens is 264 g/mol. The zero-order chi connectivity index (χ0) is 14.2. The van der Waals surface area contributed by atoms with Crippen molar-refractivity contribution in [2.75, 3.05) is 6.54 Å². The maximum absolute atomic E-state index is 12.3. The molecule has 0 spiro atoms. The molecule has 3 aliphatic carbocycles. The highest BCUT2D eigenvalue weighted by molar-refractivity contribution is 5.95. The Morgan fingerprint density at radius 2 is 2.05 bits per heavy atom. The van der Waals surface area contributed by atoms with Crippen LogP contribution in [0.4, 0.5) is 0 Å². The van der Waals surface area contributed by atoms with E-state index in [1.807, 2.05) is 0 Å². The lowest BCUT2D eigenvalue weighted by molar-refractivity contribution is 0.0949. The molecule has 1 aromatic rings. The van der Waals surface area contributed by atoms with Gasteiger partial charge in [-0.25, -0.2) is 0 Å². The van der Waals surface area contributed by atoms with Crippen molar-refractivity contribution >= 4 is 5.91 Å². The van der Waals surface area contributed by atoms with Crippen LogP contribution in [-0.4, -0.2) is 17.6 Å². The van der Waals surface area contributed by atoms with Crippen LogP contribution in [0.5, 0.6) is 0 Å². The van der Waals surface area contributed by atoms with Crippen LogP contribution in [0.1, 0.15) is 73.3 Å². The van der Waals surface area contributed by atoms with Gasteiger partial charge in [-0.05, 0) is 37.0 Å². The average molecular weight is 288 g/mol. The Hall–Kier alpha value is -1.32. The smallest absolute Gasteiger partial charge is 0.256 e. The van der Waals surface area contributed by atoms with Gasteiger partial charge in [-0.2, -0.15) is 0 Å². The Bertz CT molecular complexity index is 515. The molecule has 1 N–H and O–H groups in total. The summed E-state index contributed by atoms with van der Waals surface area (Å²) in [5, 5.41) is 7.09.